The van der Waals surface area contributed by atoms with Gasteiger partial charge in [0.15, 0.2) is 0 Å². The number of carbonyl (C=O) groups is 2. The fourth-order valence-electron chi connectivity index (χ4n) is 4.50. The van der Waals surface area contributed by atoms with Crippen LogP contribution in [0.2, 0.25) is 5.02 Å². The molecule has 0 spiro atoms. The number of carboxylic acids is 1. The number of alkyl halides is 3. The van der Waals surface area contributed by atoms with Crippen molar-refractivity contribution in [3.8, 4) is 5.75 Å². The van der Waals surface area contributed by atoms with E-state index in [4.69, 9.17) is 26.2 Å². The Balaban J connectivity index is 0.000000505. The van der Waals surface area contributed by atoms with E-state index in [0.29, 0.717) is 25.6 Å². The van der Waals surface area contributed by atoms with Crippen LogP contribution in [-0.2, 0) is 15.0 Å². The highest BCUT2D eigenvalue weighted by Gasteiger charge is 2.38. The molecule has 1 saturated carbocycles. The largest absolute Gasteiger partial charge is 0.492 e. The second-order valence-corrected chi connectivity index (χ2v) is 11.3. The number of carbonyl (C=O) groups excluding carboxylic acids is 1. The zero-order valence-electron chi connectivity index (χ0n) is 20.3. The molecule has 2 heterocycles. The summed E-state index contributed by atoms with van der Waals surface area (Å²) in [6, 6.07) is 2.22. The number of halogens is 5. The molecule has 1 amide bonds. The van der Waals surface area contributed by atoms with E-state index in [1.54, 1.807) is 0 Å². The van der Waals surface area contributed by atoms with E-state index in [0.717, 1.165) is 50.9 Å². The summed E-state index contributed by atoms with van der Waals surface area (Å²) in [6.07, 6.45) is -0.612. The van der Waals surface area contributed by atoms with Crippen LogP contribution in [0.15, 0.2) is 12.1 Å². The van der Waals surface area contributed by atoms with Crippen molar-refractivity contribution in [1.29, 1.82) is 0 Å². The summed E-state index contributed by atoms with van der Waals surface area (Å²) in [5, 5.41) is 10.4. The van der Waals surface area contributed by atoms with Crippen molar-refractivity contribution in [1.82, 2.24) is 19.2 Å². The number of ether oxygens (including phenoxy) is 1. The molecule has 3 N–H and O–H groups in total. The van der Waals surface area contributed by atoms with Crippen LogP contribution in [0.3, 0.4) is 0 Å². The Labute approximate surface area is 222 Å². The van der Waals surface area contributed by atoms with Gasteiger partial charge >= 0.3 is 22.4 Å². The molecule has 2 aliphatic heterocycles. The first-order chi connectivity index (χ1) is 17.8. The quantitative estimate of drug-likeness (QED) is 0.432. The van der Waals surface area contributed by atoms with E-state index < -0.39 is 39.6 Å². The van der Waals surface area contributed by atoms with E-state index in [1.165, 1.54) is 4.31 Å². The van der Waals surface area contributed by atoms with Gasteiger partial charge in [-0.1, -0.05) is 24.4 Å². The van der Waals surface area contributed by atoms with Gasteiger partial charge in [-0.15, -0.1) is 0 Å². The number of piperazine rings is 2. The Bertz CT molecular complexity index is 1120. The number of carboxylic acid groups (broad SMARTS) is 1. The first-order valence-electron chi connectivity index (χ1n) is 12.0. The minimum Gasteiger partial charge on any atom is -0.492 e. The summed E-state index contributed by atoms with van der Waals surface area (Å²) in [5.74, 6) is -4.10. The van der Waals surface area contributed by atoms with Crippen LogP contribution in [0.5, 0.6) is 5.75 Å². The molecule has 1 unspecified atom stereocenters. The number of rotatable bonds is 6. The number of nitrogens with one attached hydrogen (secondary N) is 2. The van der Waals surface area contributed by atoms with Gasteiger partial charge in [-0.05, 0) is 24.8 Å². The lowest BCUT2D eigenvalue weighted by molar-refractivity contribution is -0.192. The Morgan fingerprint density at radius 3 is 2.47 bits per heavy atom. The summed E-state index contributed by atoms with van der Waals surface area (Å²) in [4.78, 5) is 23.7. The third kappa shape index (κ3) is 8.15. The van der Waals surface area contributed by atoms with Gasteiger partial charge in [0.2, 0.25) is 0 Å². The topological polar surface area (TPSA) is 128 Å². The molecule has 0 radical (unpaired) electrons. The zero-order chi connectivity index (χ0) is 28.1. The predicted molar refractivity (Wildman–Crippen MR) is 129 cm³/mol. The van der Waals surface area contributed by atoms with Crippen molar-refractivity contribution in [2.45, 2.75) is 37.9 Å². The smallest absolute Gasteiger partial charge is 0.490 e. The van der Waals surface area contributed by atoms with Gasteiger partial charge in [-0.3, -0.25) is 9.69 Å². The number of hydrogen-bond acceptors (Lipinski definition) is 7. The van der Waals surface area contributed by atoms with Gasteiger partial charge in [0.25, 0.3) is 5.91 Å². The first-order valence-corrected chi connectivity index (χ1v) is 13.8. The fraction of sp³-hybridized carbons (Fsp3) is 0.636. The van der Waals surface area contributed by atoms with Crippen LogP contribution in [0.25, 0.3) is 0 Å². The van der Waals surface area contributed by atoms with Crippen molar-refractivity contribution < 1.29 is 45.4 Å². The van der Waals surface area contributed by atoms with Crippen LogP contribution in [-0.4, -0.2) is 92.7 Å². The maximum absolute atomic E-state index is 14.6. The molecule has 214 valence electrons. The lowest BCUT2D eigenvalue weighted by Gasteiger charge is -2.43. The lowest BCUT2D eigenvalue weighted by Crippen LogP contribution is -2.63. The van der Waals surface area contributed by atoms with Crippen molar-refractivity contribution in [2.75, 3.05) is 45.9 Å². The molecule has 10 nitrogen and oxygen atoms in total. The van der Waals surface area contributed by atoms with Crippen LogP contribution in [0.4, 0.5) is 17.6 Å². The van der Waals surface area contributed by atoms with Crippen LogP contribution in [0.1, 0.15) is 36.0 Å². The maximum atomic E-state index is 14.6. The van der Waals surface area contributed by atoms with Crippen molar-refractivity contribution in [3.05, 3.63) is 28.5 Å². The monoisotopic (exact) mass is 588 g/mol. The summed E-state index contributed by atoms with van der Waals surface area (Å²) in [7, 11) is -4.10. The standard InChI is InChI=1S/C20H28ClFN4O4S.C2HF3O2/c21-17-9-16(18(22)10-19(17)30-13-14-3-1-2-4-14)20(27)24-31(28,29)26-8-7-25-6-5-23-11-15(25)12-26;3-2(4,5)1(6)7/h9-10,14-15,23H,1-8,11-13H2,(H,24,27);(H,6,7). The van der Waals surface area contributed by atoms with E-state index in [9.17, 15) is 30.8 Å². The second kappa shape index (κ2) is 12.8. The lowest BCUT2D eigenvalue weighted by atomic mass is 10.1. The third-order valence-electron chi connectivity index (χ3n) is 6.54. The van der Waals surface area contributed by atoms with Gasteiger partial charge in [0, 0.05) is 51.4 Å². The highest BCUT2D eigenvalue weighted by Crippen LogP contribution is 2.31. The van der Waals surface area contributed by atoms with Crippen molar-refractivity contribution >= 4 is 33.7 Å². The van der Waals surface area contributed by atoms with E-state index >= 15 is 0 Å². The molecule has 0 aromatic heterocycles. The molecule has 38 heavy (non-hydrogen) atoms. The molecule has 1 atom stereocenters. The number of fused-ring (bicyclic) bond motifs is 1. The van der Waals surface area contributed by atoms with Crippen molar-refractivity contribution in [3.63, 3.8) is 0 Å². The SMILES string of the molecule is O=C(NS(=O)(=O)N1CCN2CCNCC2C1)c1cc(Cl)c(OCC2CCCC2)cc1F.O=C(O)C(F)(F)F. The van der Waals surface area contributed by atoms with Gasteiger partial charge in [-0.25, -0.2) is 13.9 Å². The number of nitrogens with zero attached hydrogens (tertiary/aromatic N) is 2. The van der Waals surface area contributed by atoms with E-state index in [1.807, 2.05) is 4.72 Å². The average Bonchev–Trinajstić information content (AvgIpc) is 3.37. The highest BCUT2D eigenvalue weighted by atomic mass is 35.5. The Morgan fingerprint density at radius 2 is 1.84 bits per heavy atom. The molecular formula is C22H29ClF4N4O6S. The molecule has 1 aliphatic carbocycles. The van der Waals surface area contributed by atoms with Gasteiger partial charge in [0.1, 0.15) is 11.6 Å². The summed E-state index contributed by atoms with van der Waals surface area (Å²) >= 11 is 6.18. The molecule has 4 rings (SSSR count). The van der Waals surface area contributed by atoms with Crippen LogP contribution < -0.4 is 14.8 Å². The van der Waals surface area contributed by atoms with Gasteiger partial charge < -0.3 is 15.2 Å². The summed E-state index contributed by atoms with van der Waals surface area (Å²) in [6.45, 7) is 4.01. The highest BCUT2D eigenvalue weighted by molar-refractivity contribution is 7.87. The molecule has 16 heteroatoms. The number of benzene rings is 1. The molecule has 2 saturated heterocycles. The maximum Gasteiger partial charge on any atom is 0.490 e. The van der Waals surface area contributed by atoms with Crippen LogP contribution >= 0.6 is 11.6 Å². The zero-order valence-corrected chi connectivity index (χ0v) is 21.8. The van der Waals surface area contributed by atoms with E-state index in [2.05, 4.69) is 10.2 Å². The van der Waals surface area contributed by atoms with E-state index in [-0.39, 0.29) is 29.9 Å². The first kappa shape index (κ1) is 30.3. The number of aliphatic carboxylic acids is 1. The molecule has 1 aromatic rings. The minimum atomic E-state index is -5.08. The number of hydrogen-bond donors (Lipinski definition) is 3. The average molecular weight is 589 g/mol. The predicted octanol–water partition coefficient (Wildman–Crippen LogP) is 2.25. The van der Waals surface area contributed by atoms with Gasteiger partial charge in [0.05, 0.1) is 17.2 Å². The minimum absolute atomic E-state index is 0.0525. The third-order valence-corrected chi connectivity index (χ3v) is 8.29. The van der Waals surface area contributed by atoms with Crippen LogP contribution in [0, 0.1) is 11.7 Å². The fourth-order valence-corrected chi connectivity index (χ4v) is 5.88. The summed E-state index contributed by atoms with van der Waals surface area (Å²) in [5.41, 5.74) is -0.431. The summed E-state index contributed by atoms with van der Waals surface area (Å²) < 4.78 is 80.7. The Morgan fingerprint density at radius 1 is 1.18 bits per heavy atom. The molecule has 3 fully saturated rings. The molecule has 0 bridgehead atoms. The van der Waals surface area contributed by atoms with Crippen molar-refractivity contribution in [2.24, 2.45) is 5.92 Å². The molecule has 1 aromatic carbocycles. The normalized spacial score (nSPS) is 21.2. The molecular weight excluding hydrogens is 560 g/mol. The second-order valence-electron chi connectivity index (χ2n) is 9.22. The molecule has 3 aliphatic rings. The Hall–Kier alpha value is -2.20. The number of amides is 1. The van der Waals surface area contributed by atoms with Gasteiger partial charge in [-0.2, -0.15) is 25.9 Å². The Kier molecular flexibility index (Phi) is 10.2.